The number of aromatic amines is 1. The van der Waals surface area contributed by atoms with Crippen LogP contribution in [0.25, 0.3) is 21.9 Å². The first-order valence-corrected chi connectivity index (χ1v) is 10.2. The predicted molar refractivity (Wildman–Crippen MR) is 116 cm³/mol. The van der Waals surface area contributed by atoms with Crippen LogP contribution in [0.2, 0.25) is 0 Å². The number of piperidine rings is 1. The van der Waals surface area contributed by atoms with Gasteiger partial charge in [-0.3, -0.25) is 9.48 Å². The maximum Gasteiger partial charge on any atom is 0.239 e. The maximum atomic E-state index is 12.6. The molecule has 1 aromatic carbocycles. The second-order valence-corrected chi connectivity index (χ2v) is 7.65. The number of hydrogen-bond acceptors (Lipinski definition) is 6. The van der Waals surface area contributed by atoms with E-state index in [9.17, 15) is 4.79 Å². The Morgan fingerprint density at radius 1 is 1.27 bits per heavy atom. The topological polar surface area (TPSA) is 104 Å². The highest BCUT2D eigenvalue weighted by molar-refractivity contribution is 5.93. The summed E-state index contributed by atoms with van der Waals surface area (Å²) in [5.74, 6) is 0.902. The largest absolute Gasteiger partial charge is 0.376 e. The molecular weight excluding hydrogens is 380 g/mol. The van der Waals surface area contributed by atoms with Gasteiger partial charge in [-0.05, 0) is 31.0 Å². The lowest BCUT2D eigenvalue weighted by atomic mass is 10.1. The number of benzene rings is 1. The van der Waals surface area contributed by atoms with Gasteiger partial charge in [-0.2, -0.15) is 5.10 Å². The Hall–Kier alpha value is -3.62. The van der Waals surface area contributed by atoms with Crippen molar-refractivity contribution in [1.82, 2.24) is 30.0 Å². The summed E-state index contributed by atoms with van der Waals surface area (Å²) in [5.41, 5.74) is 2.78. The van der Waals surface area contributed by atoms with Gasteiger partial charge in [0.05, 0.1) is 23.6 Å². The molecule has 1 aliphatic heterocycles. The van der Waals surface area contributed by atoms with Crippen molar-refractivity contribution in [3.63, 3.8) is 0 Å². The van der Waals surface area contributed by atoms with E-state index in [2.05, 4.69) is 35.6 Å². The Bertz CT molecular complexity index is 1200. The standard InChI is InChI=1S/C21H24N8O/c1-28-18-6-2-5-17(16(18)10-26-28)23-11-19(30)27-14-4-3-9-29(12-14)21-15-7-8-22-20(15)24-13-25-21/h2,5-8,10,13-14,23H,3-4,9,11-12H2,1H3,(H,27,30)(H,22,24,25). The smallest absolute Gasteiger partial charge is 0.239 e. The zero-order valence-corrected chi connectivity index (χ0v) is 16.8. The fourth-order valence-corrected chi connectivity index (χ4v) is 4.18. The van der Waals surface area contributed by atoms with Crippen molar-refractivity contribution in [2.24, 2.45) is 7.05 Å². The number of aryl methyl sites for hydroxylation is 1. The average Bonchev–Trinajstić information content (AvgIpc) is 3.39. The predicted octanol–water partition coefficient (Wildman–Crippen LogP) is 2.04. The van der Waals surface area contributed by atoms with Gasteiger partial charge in [0, 0.05) is 43.4 Å². The van der Waals surface area contributed by atoms with Gasteiger partial charge in [0.1, 0.15) is 17.8 Å². The Labute approximate surface area is 173 Å². The van der Waals surface area contributed by atoms with Crippen molar-refractivity contribution in [3.8, 4) is 0 Å². The minimum absolute atomic E-state index is 0.0165. The van der Waals surface area contributed by atoms with Gasteiger partial charge in [-0.15, -0.1) is 0 Å². The summed E-state index contributed by atoms with van der Waals surface area (Å²) in [4.78, 5) is 26.7. The molecule has 1 fully saturated rings. The van der Waals surface area contributed by atoms with Crippen molar-refractivity contribution in [2.75, 3.05) is 29.9 Å². The Balaban J connectivity index is 1.22. The molecule has 1 unspecified atom stereocenters. The second-order valence-electron chi connectivity index (χ2n) is 7.65. The number of amides is 1. The summed E-state index contributed by atoms with van der Waals surface area (Å²) in [6, 6.07) is 8.03. The van der Waals surface area contributed by atoms with Crippen LogP contribution in [0.15, 0.2) is 43.0 Å². The molecule has 9 nitrogen and oxygen atoms in total. The molecule has 1 saturated heterocycles. The number of fused-ring (bicyclic) bond motifs is 2. The van der Waals surface area contributed by atoms with E-state index in [-0.39, 0.29) is 18.5 Å². The van der Waals surface area contributed by atoms with Crippen molar-refractivity contribution in [1.29, 1.82) is 0 Å². The van der Waals surface area contributed by atoms with Crippen LogP contribution >= 0.6 is 0 Å². The Morgan fingerprint density at radius 3 is 3.13 bits per heavy atom. The van der Waals surface area contributed by atoms with Gasteiger partial charge in [-0.25, -0.2) is 9.97 Å². The van der Waals surface area contributed by atoms with Crippen LogP contribution in [-0.4, -0.2) is 56.3 Å². The molecule has 0 spiro atoms. The first-order valence-electron chi connectivity index (χ1n) is 10.2. The Kier molecular flexibility index (Phi) is 4.70. The van der Waals surface area contributed by atoms with Crippen LogP contribution < -0.4 is 15.5 Å². The van der Waals surface area contributed by atoms with Crippen LogP contribution in [0.4, 0.5) is 11.5 Å². The lowest BCUT2D eigenvalue weighted by Gasteiger charge is -2.34. The van der Waals surface area contributed by atoms with Gasteiger partial charge in [0.2, 0.25) is 5.91 Å². The minimum Gasteiger partial charge on any atom is -0.376 e. The summed E-state index contributed by atoms with van der Waals surface area (Å²) in [6.45, 7) is 1.88. The first-order chi connectivity index (χ1) is 14.7. The number of carbonyl (C=O) groups is 1. The van der Waals surface area contributed by atoms with E-state index in [4.69, 9.17) is 0 Å². The van der Waals surface area contributed by atoms with Gasteiger partial charge < -0.3 is 20.5 Å². The monoisotopic (exact) mass is 404 g/mol. The van der Waals surface area contributed by atoms with E-state index < -0.39 is 0 Å². The molecule has 9 heteroatoms. The number of nitrogens with one attached hydrogen (secondary N) is 3. The van der Waals surface area contributed by atoms with Crippen molar-refractivity contribution in [2.45, 2.75) is 18.9 Å². The molecular formula is C21H24N8O. The molecule has 3 aromatic heterocycles. The van der Waals surface area contributed by atoms with E-state index in [1.54, 1.807) is 6.33 Å². The SMILES string of the molecule is Cn1ncc2c(NCC(=O)NC3CCCN(c4ncnc5[nH]ccc45)C3)cccc21. The normalized spacial score (nSPS) is 16.8. The van der Waals surface area contributed by atoms with Crippen molar-refractivity contribution >= 4 is 39.3 Å². The third kappa shape index (κ3) is 3.42. The number of H-pyrrole nitrogens is 1. The molecule has 5 rings (SSSR count). The molecule has 0 bridgehead atoms. The van der Waals surface area contributed by atoms with Crippen LogP contribution in [0.5, 0.6) is 0 Å². The first kappa shape index (κ1) is 18.4. The third-order valence-corrected chi connectivity index (χ3v) is 5.65. The summed E-state index contributed by atoms with van der Waals surface area (Å²) in [7, 11) is 1.91. The fraction of sp³-hybridized carbons (Fsp3) is 0.333. The van der Waals surface area contributed by atoms with Crippen LogP contribution in [0.1, 0.15) is 12.8 Å². The van der Waals surface area contributed by atoms with E-state index in [1.807, 2.05) is 48.4 Å². The van der Waals surface area contributed by atoms with Gasteiger partial charge >= 0.3 is 0 Å². The molecule has 1 amide bonds. The van der Waals surface area contributed by atoms with E-state index >= 15 is 0 Å². The van der Waals surface area contributed by atoms with Crippen molar-refractivity contribution < 1.29 is 4.79 Å². The molecule has 4 heterocycles. The van der Waals surface area contributed by atoms with Gasteiger partial charge in [0.25, 0.3) is 0 Å². The number of nitrogens with zero attached hydrogens (tertiary/aromatic N) is 5. The molecule has 3 N–H and O–H groups in total. The average molecular weight is 404 g/mol. The molecule has 154 valence electrons. The highest BCUT2D eigenvalue weighted by atomic mass is 16.2. The highest BCUT2D eigenvalue weighted by Crippen LogP contribution is 2.25. The lowest BCUT2D eigenvalue weighted by molar-refractivity contribution is -0.120. The maximum absolute atomic E-state index is 12.6. The molecule has 30 heavy (non-hydrogen) atoms. The molecule has 1 aliphatic rings. The van der Waals surface area contributed by atoms with Crippen molar-refractivity contribution in [3.05, 3.63) is 43.0 Å². The number of rotatable bonds is 5. The van der Waals surface area contributed by atoms with E-state index in [0.717, 1.165) is 59.4 Å². The summed E-state index contributed by atoms with van der Waals surface area (Å²) in [5, 5.41) is 12.7. The van der Waals surface area contributed by atoms with E-state index in [0.29, 0.717) is 0 Å². The molecule has 1 atom stereocenters. The quantitative estimate of drug-likeness (QED) is 0.470. The van der Waals surface area contributed by atoms with Crippen LogP contribution in [0, 0.1) is 0 Å². The summed E-state index contributed by atoms with van der Waals surface area (Å²) >= 11 is 0. The van der Waals surface area contributed by atoms with Gasteiger partial charge in [0.15, 0.2) is 0 Å². The summed E-state index contributed by atoms with van der Waals surface area (Å²) < 4.78 is 1.83. The Morgan fingerprint density at radius 2 is 2.20 bits per heavy atom. The number of aromatic nitrogens is 5. The number of carbonyl (C=O) groups excluding carboxylic acids is 1. The number of hydrogen-bond donors (Lipinski definition) is 3. The molecule has 0 aliphatic carbocycles. The fourth-order valence-electron chi connectivity index (χ4n) is 4.18. The van der Waals surface area contributed by atoms with Crippen LogP contribution in [-0.2, 0) is 11.8 Å². The third-order valence-electron chi connectivity index (χ3n) is 5.65. The summed E-state index contributed by atoms with van der Waals surface area (Å²) in [6.07, 6.45) is 7.24. The van der Waals surface area contributed by atoms with E-state index in [1.165, 1.54) is 0 Å². The molecule has 4 aromatic rings. The zero-order chi connectivity index (χ0) is 20.5. The van der Waals surface area contributed by atoms with Crippen LogP contribution in [0.3, 0.4) is 0 Å². The molecule has 0 radical (unpaired) electrons. The minimum atomic E-state index is -0.0165. The zero-order valence-electron chi connectivity index (χ0n) is 16.8. The molecule has 0 saturated carbocycles. The van der Waals surface area contributed by atoms with Gasteiger partial charge in [-0.1, -0.05) is 6.07 Å². The number of anilines is 2. The lowest BCUT2D eigenvalue weighted by Crippen LogP contribution is -2.49. The highest BCUT2D eigenvalue weighted by Gasteiger charge is 2.24. The second kappa shape index (κ2) is 7.66.